The number of hydrogen-bond donors (Lipinski definition) is 1. The second kappa shape index (κ2) is 12.8. The van der Waals surface area contributed by atoms with Gasteiger partial charge < -0.3 is 14.8 Å². The largest absolute Gasteiger partial charge is 0.573 e. The predicted molar refractivity (Wildman–Crippen MR) is 164 cm³/mol. The van der Waals surface area contributed by atoms with E-state index in [1.165, 1.54) is 51.9 Å². The molecule has 1 aliphatic rings. The number of rotatable bonds is 7. The molecule has 1 N–H and O–H groups in total. The lowest BCUT2D eigenvalue weighted by molar-refractivity contribution is -0.274. The molecule has 3 amide bonds. The molecule has 5 rings (SSSR count). The summed E-state index contributed by atoms with van der Waals surface area (Å²) >= 11 is 4.62. The summed E-state index contributed by atoms with van der Waals surface area (Å²) in [6.45, 7) is 3.79. The fourth-order valence-electron chi connectivity index (χ4n) is 4.31. The highest BCUT2D eigenvalue weighted by Gasteiger charge is 2.33. The lowest BCUT2D eigenvalue weighted by Crippen LogP contribution is -2.31. The Morgan fingerprint density at radius 2 is 1.89 bits per heavy atom. The van der Waals surface area contributed by atoms with Crippen molar-refractivity contribution in [3.05, 3.63) is 82.6 Å². The lowest BCUT2D eigenvalue weighted by Gasteiger charge is -2.23. The van der Waals surface area contributed by atoms with Gasteiger partial charge in [0.25, 0.3) is 0 Å². The van der Waals surface area contributed by atoms with Crippen LogP contribution in [0.5, 0.6) is 5.75 Å². The third kappa shape index (κ3) is 7.11. The number of alkyl halides is 3. The first-order valence-corrected chi connectivity index (χ1v) is 14.8. The Labute approximate surface area is 262 Å². The van der Waals surface area contributed by atoms with Crippen LogP contribution in [0.15, 0.2) is 76.5 Å². The summed E-state index contributed by atoms with van der Waals surface area (Å²) in [5.74, 6) is -0.0561. The molecule has 4 aromatic rings. The number of halogens is 4. The highest BCUT2D eigenvalue weighted by Crippen LogP contribution is 2.35. The van der Waals surface area contributed by atoms with Crippen molar-refractivity contribution in [2.75, 3.05) is 23.1 Å². The fraction of sp³-hybridized carbons (Fsp3) is 0.207. The van der Waals surface area contributed by atoms with Crippen molar-refractivity contribution in [1.29, 1.82) is 0 Å². The van der Waals surface area contributed by atoms with Crippen molar-refractivity contribution in [1.82, 2.24) is 14.8 Å². The number of ether oxygens (including phenoxy) is 2. The Bertz CT molecular complexity index is 1750. The average Bonchev–Trinajstić information content (AvgIpc) is 3.60. The van der Waals surface area contributed by atoms with Gasteiger partial charge in [0.05, 0.1) is 28.9 Å². The number of carbonyl (C=O) groups is 2. The molecule has 0 spiro atoms. The van der Waals surface area contributed by atoms with E-state index in [1.807, 2.05) is 32.0 Å². The van der Waals surface area contributed by atoms with Crippen molar-refractivity contribution < 1.29 is 32.2 Å². The first-order valence-electron chi connectivity index (χ1n) is 13.0. The van der Waals surface area contributed by atoms with Gasteiger partial charge in [0, 0.05) is 22.7 Å². The quantitative estimate of drug-likeness (QED) is 0.217. The van der Waals surface area contributed by atoms with Gasteiger partial charge in [-0.1, -0.05) is 23.9 Å². The number of aliphatic imine (C=N–C) groups is 1. The lowest BCUT2D eigenvalue weighted by atomic mass is 10.0. The van der Waals surface area contributed by atoms with Crippen LogP contribution in [0.1, 0.15) is 24.2 Å². The number of anilines is 2. The van der Waals surface area contributed by atoms with Crippen molar-refractivity contribution in [2.45, 2.75) is 26.3 Å². The van der Waals surface area contributed by atoms with Crippen molar-refractivity contribution in [2.24, 2.45) is 4.99 Å². The van der Waals surface area contributed by atoms with Gasteiger partial charge in [-0.15, -0.1) is 18.3 Å². The number of urea groups is 1. The number of benzene rings is 3. The molecule has 0 radical (unpaired) electrons. The van der Waals surface area contributed by atoms with E-state index in [-0.39, 0.29) is 28.7 Å². The van der Waals surface area contributed by atoms with Crippen LogP contribution < -0.4 is 15.0 Å². The van der Waals surface area contributed by atoms with Gasteiger partial charge in [-0.25, -0.2) is 14.5 Å². The Morgan fingerprint density at radius 3 is 2.57 bits per heavy atom. The van der Waals surface area contributed by atoms with Gasteiger partial charge in [0.1, 0.15) is 12.1 Å². The van der Waals surface area contributed by atoms with E-state index in [0.717, 1.165) is 11.1 Å². The standard InChI is InChI=1S/C29H24BrF3N6O4S/c1-16-4-10-21(17(2)42-3)24(12-16)39-25(40)14-44-28(39)36-27(41)35-23-11-5-18(13-22(23)30)26-34-15-38(37-26)19-6-8-20(9-7-19)43-29(31,32)33/h4-13,15,17H,14H2,1-3H3,(H,35,41). The number of hydrogen-bond acceptors (Lipinski definition) is 7. The van der Waals surface area contributed by atoms with Crippen LogP contribution in [0.3, 0.4) is 0 Å². The molecule has 0 aliphatic carbocycles. The molecule has 1 saturated heterocycles. The molecule has 0 bridgehead atoms. The third-order valence-corrected chi connectivity index (χ3v) is 8.06. The van der Waals surface area contributed by atoms with E-state index >= 15 is 0 Å². The number of thioether (sulfide) groups is 1. The van der Waals surface area contributed by atoms with Crippen molar-refractivity contribution in [3.63, 3.8) is 0 Å². The maximum Gasteiger partial charge on any atom is 0.573 e. The zero-order chi connectivity index (χ0) is 31.6. The summed E-state index contributed by atoms with van der Waals surface area (Å²) in [6, 6.07) is 15.3. The minimum absolute atomic E-state index is 0.143. The summed E-state index contributed by atoms with van der Waals surface area (Å²) in [5, 5.41) is 7.38. The molecule has 3 aromatic carbocycles. The van der Waals surface area contributed by atoms with Crippen molar-refractivity contribution >= 4 is 56.2 Å². The molecule has 228 valence electrons. The number of carbonyl (C=O) groups excluding carboxylic acids is 2. The number of aromatic nitrogens is 3. The number of nitrogens with one attached hydrogen (secondary N) is 1. The molecule has 2 heterocycles. The van der Waals surface area contributed by atoms with Crippen LogP contribution in [0.2, 0.25) is 0 Å². The minimum Gasteiger partial charge on any atom is -0.406 e. The van der Waals surface area contributed by atoms with Gasteiger partial charge in [-0.3, -0.25) is 9.69 Å². The first-order chi connectivity index (χ1) is 20.9. The highest BCUT2D eigenvalue weighted by atomic mass is 79.9. The van der Waals surface area contributed by atoms with E-state index < -0.39 is 12.4 Å². The van der Waals surface area contributed by atoms with E-state index in [1.54, 1.807) is 25.3 Å². The summed E-state index contributed by atoms with van der Waals surface area (Å²) in [7, 11) is 1.58. The minimum atomic E-state index is -4.78. The van der Waals surface area contributed by atoms with Gasteiger partial charge in [0.2, 0.25) is 5.91 Å². The molecule has 1 aliphatic heterocycles. The van der Waals surface area contributed by atoms with E-state index in [4.69, 9.17) is 4.74 Å². The van der Waals surface area contributed by atoms with Crippen LogP contribution in [-0.2, 0) is 9.53 Å². The van der Waals surface area contributed by atoms with E-state index in [2.05, 4.69) is 41.1 Å². The van der Waals surface area contributed by atoms with Gasteiger partial charge in [0.15, 0.2) is 11.0 Å². The number of amidine groups is 1. The number of nitrogens with zero attached hydrogens (tertiary/aromatic N) is 5. The second-order valence-electron chi connectivity index (χ2n) is 9.53. The van der Waals surface area contributed by atoms with Crippen LogP contribution in [0.25, 0.3) is 17.1 Å². The van der Waals surface area contributed by atoms with Crippen LogP contribution in [-0.4, -0.2) is 51.1 Å². The zero-order valence-electron chi connectivity index (χ0n) is 23.4. The first kappa shape index (κ1) is 31.2. The van der Waals surface area contributed by atoms with Crippen LogP contribution in [0, 0.1) is 6.92 Å². The maximum atomic E-state index is 13.0. The molecule has 44 heavy (non-hydrogen) atoms. The number of amides is 3. The predicted octanol–water partition coefficient (Wildman–Crippen LogP) is 7.28. The van der Waals surface area contributed by atoms with E-state index in [0.29, 0.717) is 32.9 Å². The highest BCUT2D eigenvalue weighted by molar-refractivity contribution is 9.10. The summed E-state index contributed by atoms with van der Waals surface area (Å²) in [6.07, 6.45) is -3.64. The monoisotopic (exact) mass is 688 g/mol. The molecule has 1 atom stereocenters. The SMILES string of the molecule is COC(C)c1ccc(C)cc1N1C(=O)CSC1=NC(=O)Nc1ccc(-c2ncn(-c3ccc(OC(F)(F)F)cc3)n2)cc1Br. The maximum absolute atomic E-state index is 13.0. The average molecular weight is 690 g/mol. The Hall–Kier alpha value is -4.21. The summed E-state index contributed by atoms with van der Waals surface area (Å²) < 4.78 is 48.6. The summed E-state index contributed by atoms with van der Waals surface area (Å²) in [5.41, 5.74) is 3.87. The van der Waals surface area contributed by atoms with Crippen LogP contribution >= 0.6 is 27.7 Å². The zero-order valence-corrected chi connectivity index (χ0v) is 25.8. The molecule has 1 unspecified atom stereocenters. The molecule has 10 nitrogen and oxygen atoms in total. The molecule has 1 aromatic heterocycles. The fourth-order valence-corrected chi connectivity index (χ4v) is 5.64. The van der Waals surface area contributed by atoms with Crippen molar-refractivity contribution in [3.8, 4) is 22.8 Å². The van der Waals surface area contributed by atoms with Gasteiger partial charge >= 0.3 is 12.4 Å². The second-order valence-corrected chi connectivity index (χ2v) is 11.3. The third-order valence-electron chi connectivity index (χ3n) is 6.48. The van der Waals surface area contributed by atoms with Gasteiger partial charge in [-0.2, -0.15) is 4.99 Å². The molecular weight excluding hydrogens is 665 g/mol. The van der Waals surface area contributed by atoms with Crippen LogP contribution in [0.4, 0.5) is 29.3 Å². The molecule has 15 heteroatoms. The summed E-state index contributed by atoms with van der Waals surface area (Å²) in [4.78, 5) is 35.8. The molecular formula is C29H24BrF3N6O4S. The number of aryl methyl sites for hydroxylation is 1. The smallest absolute Gasteiger partial charge is 0.406 e. The van der Waals surface area contributed by atoms with E-state index in [9.17, 15) is 22.8 Å². The Morgan fingerprint density at radius 1 is 1.14 bits per heavy atom. The number of methoxy groups -OCH3 is 1. The molecule has 1 fully saturated rings. The Kier molecular flexibility index (Phi) is 9.08. The molecule has 0 saturated carbocycles. The normalized spacial score (nSPS) is 15.1. The topological polar surface area (TPSA) is 111 Å². The Balaban J connectivity index is 1.31. The van der Waals surface area contributed by atoms with Gasteiger partial charge in [-0.05, 0) is 83.9 Å².